The summed E-state index contributed by atoms with van der Waals surface area (Å²) in [6, 6.07) is 15.3. The van der Waals surface area contributed by atoms with E-state index in [0.717, 1.165) is 34.2 Å². The molecular formula is C24H27N3O4. The van der Waals surface area contributed by atoms with Gasteiger partial charge in [0.2, 0.25) is 5.91 Å². The molecule has 2 amide bonds. The van der Waals surface area contributed by atoms with Gasteiger partial charge in [0.15, 0.2) is 0 Å². The van der Waals surface area contributed by atoms with Crippen molar-refractivity contribution in [2.24, 2.45) is 7.05 Å². The monoisotopic (exact) mass is 421 g/mol. The first-order chi connectivity index (χ1) is 15.1. The topological polar surface area (TPSA) is 72.8 Å². The zero-order valence-electron chi connectivity index (χ0n) is 18.1. The maximum Gasteiger partial charge on any atom is 0.272 e. The molecule has 0 unspecified atom stereocenters. The number of fused-ring (bicyclic) bond motifs is 3. The summed E-state index contributed by atoms with van der Waals surface area (Å²) in [7, 11) is 5.15. The number of rotatable bonds is 8. The first-order valence-electron chi connectivity index (χ1n) is 10.3. The van der Waals surface area contributed by atoms with E-state index in [1.54, 1.807) is 19.1 Å². The molecule has 162 valence electrons. The van der Waals surface area contributed by atoms with Gasteiger partial charge in [-0.25, -0.2) is 0 Å². The van der Waals surface area contributed by atoms with Crippen LogP contribution in [0.15, 0.2) is 48.5 Å². The largest absolute Gasteiger partial charge is 0.497 e. The van der Waals surface area contributed by atoms with Gasteiger partial charge in [0, 0.05) is 43.8 Å². The summed E-state index contributed by atoms with van der Waals surface area (Å²) in [6.07, 6.45) is 0.725. The zero-order chi connectivity index (χ0) is 22.0. The van der Waals surface area contributed by atoms with Crippen molar-refractivity contribution in [2.45, 2.75) is 12.5 Å². The predicted octanol–water partition coefficient (Wildman–Crippen LogP) is 2.88. The number of nitrogens with one attached hydrogen (secondary N) is 1. The van der Waals surface area contributed by atoms with Gasteiger partial charge in [-0.2, -0.15) is 0 Å². The van der Waals surface area contributed by atoms with Crippen LogP contribution in [0.5, 0.6) is 5.75 Å². The number of carbonyl (C=O) groups excluding carboxylic acids is 2. The van der Waals surface area contributed by atoms with Crippen molar-refractivity contribution in [1.29, 1.82) is 0 Å². The molecule has 0 saturated carbocycles. The van der Waals surface area contributed by atoms with Crippen LogP contribution in [0, 0.1) is 0 Å². The average Bonchev–Trinajstić information content (AvgIpc) is 3.24. The second-order valence-electron chi connectivity index (χ2n) is 7.64. The van der Waals surface area contributed by atoms with Crippen LogP contribution in [0.1, 0.15) is 34.1 Å². The van der Waals surface area contributed by atoms with Crippen molar-refractivity contribution in [3.05, 3.63) is 65.4 Å². The quantitative estimate of drug-likeness (QED) is 0.568. The highest BCUT2D eigenvalue weighted by Crippen LogP contribution is 2.43. The number of aromatic nitrogens is 1. The fraction of sp³-hybridized carbons (Fsp3) is 0.333. The van der Waals surface area contributed by atoms with E-state index in [9.17, 15) is 9.59 Å². The number of hydrogen-bond acceptors (Lipinski definition) is 4. The van der Waals surface area contributed by atoms with E-state index in [4.69, 9.17) is 9.47 Å². The molecule has 1 aromatic heterocycles. The van der Waals surface area contributed by atoms with Crippen molar-refractivity contribution < 1.29 is 19.1 Å². The molecule has 1 N–H and O–H groups in total. The van der Waals surface area contributed by atoms with Gasteiger partial charge in [0.05, 0.1) is 13.2 Å². The van der Waals surface area contributed by atoms with E-state index < -0.39 is 0 Å². The van der Waals surface area contributed by atoms with Gasteiger partial charge in [0.1, 0.15) is 18.0 Å². The van der Waals surface area contributed by atoms with Gasteiger partial charge in [-0.1, -0.05) is 30.3 Å². The molecule has 0 fully saturated rings. The molecule has 0 bridgehead atoms. The van der Waals surface area contributed by atoms with Crippen LogP contribution < -0.4 is 10.1 Å². The molecule has 2 heterocycles. The smallest absolute Gasteiger partial charge is 0.272 e. The number of methoxy groups -OCH3 is 2. The molecule has 0 radical (unpaired) electrons. The van der Waals surface area contributed by atoms with Gasteiger partial charge in [-0.05, 0) is 30.2 Å². The van der Waals surface area contributed by atoms with E-state index in [0.29, 0.717) is 18.8 Å². The highest BCUT2D eigenvalue weighted by atomic mass is 16.5. The minimum atomic E-state index is -0.343. The molecule has 1 aliphatic heterocycles. The standard InChI is InChI=1S/C24H27N3O4/c1-26-19-8-5-4-7-18(19)21-22(16-9-11-17(31-3)12-10-16)27(24(29)23(21)26)15-20(28)25-13-6-14-30-2/h4-5,7-12,22H,6,13-15H2,1-3H3,(H,25,28)/t22-/m1/s1. The van der Waals surface area contributed by atoms with Gasteiger partial charge in [-0.3, -0.25) is 9.59 Å². The summed E-state index contributed by atoms with van der Waals surface area (Å²) in [5.74, 6) is 0.426. The third-order valence-electron chi connectivity index (χ3n) is 5.79. The molecule has 4 rings (SSSR count). The fourth-order valence-corrected chi connectivity index (χ4v) is 4.32. The number of hydrogen-bond donors (Lipinski definition) is 1. The molecule has 1 aliphatic rings. The van der Waals surface area contributed by atoms with Crippen molar-refractivity contribution in [1.82, 2.24) is 14.8 Å². The number of carbonyl (C=O) groups is 2. The second kappa shape index (κ2) is 8.81. The Labute approximate surface area is 181 Å². The van der Waals surface area contributed by atoms with Crippen LogP contribution in [0.2, 0.25) is 0 Å². The number of amides is 2. The van der Waals surface area contributed by atoms with Crippen LogP contribution in [0.25, 0.3) is 10.9 Å². The Morgan fingerprint density at radius 2 is 1.84 bits per heavy atom. The molecular weight excluding hydrogens is 394 g/mol. The van der Waals surface area contributed by atoms with Gasteiger partial charge in [-0.15, -0.1) is 0 Å². The lowest BCUT2D eigenvalue weighted by Gasteiger charge is -2.26. The Bertz CT molecular complexity index is 1100. The summed E-state index contributed by atoms with van der Waals surface area (Å²) in [6.45, 7) is 1.08. The lowest BCUT2D eigenvalue weighted by atomic mass is 9.98. The number of benzene rings is 2. The predicted molar refractivity (Wildman–Crippen MR) is 118 cm³/mol. The summed E-state index contributed by atoms with van der Waals surface area (Å²) in [4.78, 5) is 27.8. The van der Waals surface area contributed by atoms with E-state index in [-0.39, 0.29) is 24.4 Å². The number of aryl methyl sites for hydroxylation is 1. The first-order valence-corrected chi connectivity index (χ1v) is 10.3. The van der Waals surface area contributed by atoms with Crippen LogP contribution in [0.3, 0.4) is 0 Å². The molecule has 31 heavy (non-hydrogen) atoms. The maximum atomic E-state index is 13.5. The Kier molecular flexibility index (Phi) is 5.95. The lowest BCUT2D eigenvalue weighted by Crippen LogP contribution is -2.40. The lowest BCUT2D eigenvalue weighted by molar-refractivity contribution is -0.122. The fourth-order valence-electron chi connectivity index (χ4n) is 4.32. The SMILES string of the molecule is COCCCNC(=O)CN1C(=O)c2c(c3ccccc3n2C)[C@H]1c1ccc(OC)cc1. The van der Waals surface area contributed by atoms with Crippen molar-refractivity contribution >= 4 is 22.7 Å². The molecule has 2 aromatic carbocycles. The normalized spacial score (nSPS) is 15.4. The minimum absolute atomic E-state index is 0.00841. The van der Waals surface area contributed by atoms with Crippen molar-refractivity contribution in [3.63, 3.8) is 0 Å². The van der Waals surface area contributed by atoms with E-state index in [2.05, 4.69) is 5.32 Å². The summed E-state index contributed by atoms with van der Waals surface area (Å²) >= 11 is 0. The number of para-hydroxylation sites is 1. The van der Waals surface area contributed by atoms with Gasteiger partial charge in [0.25, 0.3) is 5.91 Å². The molecule has 1 atom stereocenters. The van der Waals surface area contributed by atoms with Gasteiger partial charge < -0.3 is 24.3 Å². The summed E-state index contributed by atoms with van der Waals surface area (Å²) in [5, 5.41) is 3.91. The van der Waals surface area contributed by atoms with Crippen LogP contribution >= 0.6 is 0 Å². The van der Waals surface area contributed by atoms with E-state index in [1.165, 1.54) is 0 Å². The highest BCUT2D eigenvalue weighted by Gasteiger charge is 2.42. The van der Waals surface area contributed by atoms with E-state index >= 15 is 0 Å². The Hall–Kier alpha value is -3.32. The zero-order valence-corrected chi connectivity index (χ0v) is 18.1. The van der Waals surface area contributed by atoms with E-state index in [1.807, 2.05) is 60.1 Å². The summed E-state index contributed by atoms with van der Waals surface area (Å²) < 4.78 is 12.2. The Morgan fingerprint density at radius 1 is 1.10 bits per heavy atom. The second-order valence-corrected chi connectivity index (χ2v) is 7.64. The Balaban J connectivity index is 1.72. The molecule has 0 saturated heterocycles. The van der Waals surface area contributed by atoms with Crippen LogP contribution in [-0.4, -0.2) is 55.2 Å². The van der Waals surface area contributed by atoms with Crippen LogP contribution in [0.4, 0.5) is 0 Å². The average molecular weight is 421 g/mol. The molecule has 0 aliphatic carbocycles. The summed E-state index contributed by atoms with van der Waals surface area (Å²) in [5.41, 5.74) is 3.52. The Morgan fingerprint density at radius 3 is 2.55 bits per heavy atom. The van der Waals surface area contributed by atoms with Crippen molar-refractivity contribution in [3.8, 4) is 5.75 Å². The number of ether oxygens (including phenoxy) is 2. The van der Waals surface area contributed by atoms with Crippen LogP contribution in [-0.2, 0) is 16.6 Å². The highest BCUT2D eigenvalue weighted by molar-refractivity contribution is 6.07. The molecule has 3 aromatic rings. The third-order valence-corrected chi connectivity index (χ3v) is 5.79. The molecule has 0 spiro atoms. The molecule has 7 heteroatoms. The maximum absolute atomic E-state index is 13.5. The third kappa shape index (κ3) is 3.77. The molecule has 7 nitrogen and oxygen atoms in total. The van der Waals surface area contributed by atoms with Crippen molar-refractivity contribution in [2.75, 3.05) is 33.9 Å². The number of nitrogens with zero attached hydrogens (tertiary/aromatic N) is 2. The minimum Gasteiger partial charge on any atom is -0.497 e. The van der Waals surface area contributed by atoms with Gasteiger partial charge >= 0.3 is 0 Å². The first kappa shape index (κ1) is 20.9.